The van der Waals surface area contributed by atoms with Gasteiger partial charge in [0.25, 0.3) is 0 Å². The fourth-order valence-corrected chi connectivity index (χ4v) is 1.66. The van der Waals surface area contributed by atoms with Crippen LogP contribution >= 0.6 is 0 Å². The Bertz CT molecular complexity index is 302. The van der Waals surface area contributed by atoms with E-state index < -0.39 is 43.4 Å². The van der Waals surface area contributed by atoms with Gasteiger partial charge in [0.05, 0.1) is 12.7 Å². The molecule has 18 heavy (non-hydrogen) atoms. The minimum Gasteiger partial charge on any atom is -0.394 e. The monoisotopic (exact) mass is 261 g/mol. The van der Waals surface area contributed by atoms with Crippen molar-refractivity contribution in [2.75, 3.05) is 6.61 Å². The molecule has 0 aromatic carbocycles. The third kappa shape index (κ3) is 3.17. The number of hydrogen-bond acceptors (Lipinski definition) is 7. The highest BCUT2D eigenvalue weighted by molar-refractivity contribution is 4.92. The van der Waals surface area contributed by atoms with E-state index in [4.69, 9.17) is 19.8 Å². The van der Waals surface area contributed by atoms with Crippen LogP contribution in [0.5, 0.6) is 0 Å². The molecule has 0 unspecified atom stereocenters. The minimum absolute atomic E-state index is 0.123. The van der Waals surface area contributed by atoms with E-state index in [2.05, 4.69) is 0 Å². The first-order valence-electron chi connectivity index (χ1n) is 5.78. The smallest absolute Gasteiger partial charge is 0.188 e. The Morgan fingerprint density at radius 2 is 1.83 bits per heavy atom. The number of aliphatic hydroxyl groups is 4. The lowest BCUT2D eigenvalue weighted by molar-refractivity contribution is -0.309. The quantitative estimate of drug-likeness (QED) is 0.478. The fraction of sp³-hybridized carbons (Fsp3) is 0.909. The molecule has 1 aliphatic rings. The van der Waals surface area contributed by atoms with Gasteiger partial charge in [-0.15, -0.1) is 0 Å². The average molecular weight is 261 g/mol. The molecule has 4 N–H and O–H groups in total. The maximum atomic E-state index is 9.70. The SMILES string of the molecule is CC(C)[C@@H](C#N)O[C@H]1O[C@H](CO)[C@@H](O)[C@H](O)[C@H]1O. The van der Waals surface area contributed by atoms with Gasteiger partial charge < -0.3 is 29.9 Å². The van der Waals surface area contributed by atoms with E-state index in [1.54, 1.807) is 13.8 Å². The minimum atomic E-state index is -1.49. The standard InChI is InChI=1S/C11H19NO6/c1-5(2)6(3-12)17-11-10(16)9(15)8(14)7(4-13)18-11/h5-11,13-16H,4H2,1-2H3/t6-,7-,8-,9+,10-,11+/m1/s1. The summed E-state index contributed by atoms with van der Waals surface area (Å²) in [5, 5.41) is 46.7. The summed E-state index contributed by atoms with van der Waals surface area (Å²) in [5.41, 5.74) is 0. The molecule has 1 aliphatic heterocycles. The van der Waals surface area contributed by atoms with E-state index in [9.17, 15) is 15.3 Å². The van der Waals surface area contributed by atoms with E-state index >= 15 is 0 Å². The zero-order chi connectivity index (χ0) is 13.9. The highest BCUT2D eigenvalue weighted by Crippen LogP contribution is 2.24. The third-order valence-corrected chi connectivity index (χ3v) is 2.86. The van der Waals surface area contributed by atoms with Crippen LogP contribution in [0.15, 0.2) is 0 Å². The van der Waals surface area contributed by atoms with E-state index in [0.717, 1.165) is 0 Å². The second-order valence-electron chi connectivity index (χ2n) is 4.63. The molecule has 1 saturated heterocycles. The number of nitrogens with zero attached hydrogens (tertiary/aromatic N) is 1. The van der Waals surface area contributed by atoms with Crippen LogP contribution in [0.25, 0.3) is 0 Å². The van der Waals surface area contributed by atoms with Crippen molar-refractivity contribution in [3.63, 3.8) is 0 Å². The molecule has 0 aliphatic carbocycles. The van der Waals surface area contributed by atoms with Gasteiger partial charge in [-0.1, -0.05) is 13.8 Å². The van der Waals surface area contributed by atoms with Crippen molar-refractivity contribution in [1.82, 2.24) is 0 Å². The maximum Gasteiger partial charge on any atom is 0.188 e. The van der Waals surface area contributed by atoms with Gasteiger partial charge in [0.1, 0.15) is 30.5 Å². The fourth-order valence-electron chi connectivity index (χ4n) is 1.66. The first-order chi connectivity index (χ1) is 8.42. The van der Waals surface area contributed by atoms with Gasteiger partial charge in [-0.25, -0.2) is 0 Å². The van der Waals surface area contributed by atoms with Gasteiger partial charge >= 0.3 is 0 Å². The normalized spacial score (nSPS) is 38.4. The van der Waals surface area contributed by atoms with Crippen molar-refractivity contribution in [3.05, 3.63) is 0 Å². The average Bonchev–Trinajstić information content (AvgIpc) is 2.35. The van der Waals surface area contributed by atoms with Crippen LogP contribution in [0.4, 0.5) is 0 Å². The molecule has 7 heteroatoms. The molecule has 0 aromatic heterocycles. The molecule has 0 radical (unpaired) electrons. The lowest BCUT2D eigenvalue weighted by atomic mass is 9.99. The van der Waals surface area contributed by atoms with Gasteiger partial charge in [-0.2, -0.15) is 5.26 Å². The summed E-state index contributed by atoms with van der Waals surface area (Å²) in [6.07, 6.45) is -7.49. The van der Waals surface area contributed by atoms with Crippen molar-refractivity contribution in [2.45, 2.75) is 50.7 Å². The van der Waals surface area contributed by atoms with E-state index in [1.807, 2.05) is 6.07 Å². The van der Waals surface area contributed by atoms with Crippen LogP contribution in [-0.4, -0.2) is 63.8 Å². The zero-order valence-electron chi connectivity index (χ0n) is 10.3. The Morgan fingerprint density at radius 3 is 2.28 bits per heavy atom. The molecule has 0 bridgehead atoms. The van der Waals surface area contributed by atoms with Crippen LogP contribution < -0.4 is 0 Å². The van der Waals surface area contributed by atoms with Gasteiger partial charge in [0.2, 0.25) is 0 Å². The lowest BCUT2D eigenvalue weighted by Crippen LogP contribution is -2.59. The summed E-state index contributed by atoms with van der Waals surface area (Å²) < 4.78 is 10.4. The zero-order valence-corrected chi connectivity index (χ0v) is 10.3. The van der Waals surface area contributed by atoms with Crippen LogP contribution in [-0.2, 0) is 9.47 Å². The molecule has 0 spiro atoms. The van der Waals surface area contributed by atoms with Crippen molar-refractivity contribution < 1.29 is 29.9 Å². The van der Waals surface area contributed by atoms with E-state index in [0.29, 0.717) is 0 Å². The number of rotatable bonds is 4. The number of nitriles is 1. The third-order valence-electron chi connectivity index (χ3n) is 2.86. The Labute approximate surface area is 105 Å². The Hall–Kier alpha value is -0.750. The summed E-state index contributed by atoms with van der Waals surface area (Å²) in [4.78, 5) is 0. The Balaban J connectivity index is 2.73. The molecule has 0 aromatic rings. The highest BCUT2D eigenvalue weighted by Gasteiger charge is 2.45. The van der Waals surface area contributed by atoms with Crippen molar-refractivity contribution in [1.29, 1.82) is 5.26 Å². The summed E-state index contributed by atoms with van der Waals surface area (Å²) in [6, 6.07) is 1.91. The predicted molar refractivity (Wildman–Crippen MR) is 59.1 cm³/mol. The summed E-state index contributed by atoms with van der Waals surface area (Å²) in [7, 11) is 0. The molecule has 1 heterocycles. The summed E-state index contributed by atoms with van der Waals surface area (Å²) >= 11 is 0. The molecule has 1 fully saturated rings. The van der Waals surface area contributed by atoms with Crippen LogP contribution in [0.2, 0.25) is 0 Å². The highest BCUT2D eigenvalue weighted by atomic mass is 16.7. The number of ether oxygens (including phenoxy) is 2. The maximum absolute atomic E-state index is 9.70. The van der Waals surface area contributed by atoms with Gasteiger partial charge in [-0.05, 0) is 5.92 Å². The van der Waals surface area contributed by atoms with Gasteiger partial charge in [-0.3, -0.25) is 0 Å². The van der Waals surface area contributed by atoms with Crippen LogP contribution in [0.1, 0.15) is 13.8 Å². The van der Waals surface area contributed by atoms with Gasteiger partial charge in [0.15, 0.2) is 6.29 Å². The van der Waals surface area contributed by atoms with Crippen LogP contribution in [0, 0.1) is 17.2 Å². The summed E-state index contributed by atoms with van der Waals surface area (Å²) in [5.74, 6) is -0.123. The second-order valence-corrected chi connectivity index (χ2v) is 4.63. The molecular weight excluding hydrogens is 242 g/mol. The van der Waals surface area contributed by atoms with Crippen molar-refractivity contribution >= 4 is 0 Å². The van der Waals surface area contributed by atoms with Crippen molar-refractivity contribution in [2.24, 2.45) is 5.92 Å². The lowest BCUT2D eigenvalue weighted by Gasteiger charge is -2.40. The van der Waals surface area contributed by atoms with Crippen LogP contribution in [0.3, 0.4) is 0 Å². The second kappa shape index (κ2) is 6.43. The predicted octanol–water partition coefficient (Wildman–Crippen LogP) is -1.65. The largest absolute Gasteiger partial charge is 0.394 e. The first kappa shape index (κ1) is 15.3. The van der Waals surface area contributed by atoms with Crippen molar-refractivity contribution in [3.8, 4) is 6.07 Å². The molecule has 1 rings (SSSR count). The molecule has 104 valence electrons. The molecule has 6 atom stereocenters. The first-order valence-corrected chi connectivity index (χ1v) is 5.78. The van der Waals surface area contributed by atoms with E-state index in [-0.39, 0.29) is 5.92 Å². The van der Waals surface area contributed by atoms with Gasteiger partial charge in [0, 0.05) is 0 Å². The molecular formula is C11H19NO6. The van der Waals surface area contributed by atoms with E-state index in [1.165, 1.54) is 0 Å². The number of aliphatic hydroxyl groups excluding tert-OH is 4. The Morgan fingerprint density at radius 1 is 1.22 bits per heavy atom. The molecule has 7 nitrogen and oxygen atoms in total. The Kier molecular flexibility index (Phi) is 5.47. The topological polar surface area (TPSA) is 123 Å². The summed E-state index contributed by atoms with van der Waals surface area (Å²) in [6.45, 7) is 3.00. The molecule has 0 saturated carbocycles. The molecule has 0 amide bonds. The number of hydrogen-bond donors (Lipinski definition) is 4.